The zero-order chi connectivity index (χ0) is 10.6. The van der Waals surface area contributed by atoms with Gasteiger partial charge in [0, 0.05) is 0 Å². The van der Waals surface area contributed by atoms with Gasteiger partial charge in [-0.3, -0.25) is 0 Å². The van der Waals surface area contributed by atoms with Crippen molar-refractivity contribution < 1.29 is 4.79 Å². The lowest BCUT2D eigenvalue weighted by molar-refractivity contribution is -0.114. The number of benzene rings is 1. The molecule has 0 N–H and O–H groups in total. The molecule has 1 atom stereocenters. The van der Waals surface area contributed by atoms with Crippen LogP contribution in [0.4, 0.5) is 0 Å². The molecule has 1 heteroatoms. The molecule has 0 aliphatic carbocycles. The maximum atomic E-state index is 11.3. The lowest BCUT2D eigenvalue weighted by atomic mass is 9.71. The van der Waals surface area contributed by atoms with E-state index in [1.165, 1.54) is 0 Å². The van der Waals surface area contributed by atoms with Gasteiger partial charge in [0.05, 0.1) is 5.41 Å². The summed E-state index contributed by atoms with van der Waals surface area (Å²) in [6.07, 6.45) is 1.96. The van der Waals surface area contributed by atoms with E-state index in [2.05, 4.69) is 20.8 Å². The highest BCUT2D eigenvalue weighted by molar-refractivity contribution is 5.69. The zero-order valence-electron chi connectivity index (χ0n) is 9.16. The Morgan fingerprint density at radius 1 is 1.29 bits per heavy atom. The van der Waals surface area contributed by atoms with Gasteiger partial charge in [-0.15, -0.1) is 0 Å². The monoisotopic (exact) mass is 190 g/mol. The molecular formula is C13H18O. The second-order valence-corrected chi connectivity index (χ2v) is 4.03. The summed E-state index contributed by atoms with van der Waals surface area (Å²) in [6.45, 7) is 6.28. The van der Waals surface area contributed by atoms with Crippen LogP contribution in [0, 0.1) is 5.92 Å². The Labute approximate surface area is 86.1 Å². The average molecular weight is 190 g/mol. The Morgan fingerprint density at radius 3 is 2.21 bits per heavy atom. The summed E-state index contributed by atoms with van der Waals surface area (Å²) in [5, 5.41) is 0. The molecule has 0 bridgehead atoms. The van der Waals surface area contributed by atoms with Gasteiger partial charge in [0.15, 0.2) is 0 Å². The maximum Gasteiger partial charge on any atom is 0.130 e. The lowest BCUT2D eigenvalue weighted by Crippen LogP contribution is -2.33. The first kappa shape index (κ1) is 11.0. The van der Waals surface area contributed by atoms with E-state index in [1.807, 2.05) is 30.3 Å². The van der Waals surface area contributed by atoms with Gasteiger partial charge >= 0.3 is 0 Å². The molecule has 76 valence electrons. The van der Waals surface area contributed by atoms with Crippen LogP contribution in [0.5, 0.6) is 0 Å². The highest BCUT2D eigenvalue weighted by Gasteiger charge is 2.33. The highest BCUT2D eigenvalue weighted by atomic mass is 16.1. The summed E-state index contributed by atoms with van der Waals surface area (Å²) in [5.74, 6) is 0.340. The van der Waals surface area contributed by atoms with Crippen molar-refractivity contribution in [2.24, 2.45) is 5.92 Å². The van der Waals surface area contributed by atoms with Gasteiger partial charge in [0.2, 0.25) is 0 Å². The Balaban J connectivity index is 3.17. The van der Waals surface area contributed by atoms with Crippen LogP contribution in [0.25, 0.3) is 0 Å². The normalized spacial score (nSPS) is 15.1. The average Bonchev–Trinajstić information content (AvgIpc) is 2.22. The van der Waals surface area contributed by atoms with E-state index in [4.69, 9.17) is 0 Å². The van der Waals surface area contributed by atoms with E-state index >= 15 is 0 Å². The molecule has 1 unspecified atom stereocenters. The fraction of sp³-hybridized carbons (Fsp3) is 0.462. The molecule has 0 saturated heterocycles. The Bertz CT molecular complexity index is 289. The van der Waals surface area contributed by atoms with E-state index in [0.29, 0.717) is 5.92 Å². The number of hydrogen-bond donors (Lipinski definition) is 0. The predicted octanol–water partition coefficient (Wildman–Crippen LogP) is 3.19. The minimum atomic E-state index is -0.304. The van der Waals surface area contributed by atoms with E-state index < -0.39 is 0 Å². The minimum Gasteiger partial charge on any atom is -0.302 e. The van der Waals surface area contributed by atoms with Crippen molar-refractivity contribution in [1.29, 1.82) is 0 Å². The fourth-order valence-corrected chi connectivity index (χ4v) is 1.98. The Morgan fingerprint density at radius 2 is 1.86 bits per heavy atom. The van der Waals surface area contributed by atoms with Gasteiger partial charge in [-0.2, -0.15) is 0 Å². The molecular weight excluding hydrogens is 172 g/mol. The van der Waals surface area contributed by atoms with Crippen LogP contribution in [0.1, 0.15) is 32.8 Å². The number of carbonyl (C=O) groups excluding carboxylic acids is 1. The van der Waals surface area contributed by atoms with Crippen molar-refractivity contribution in [1.82, 2.24) is 0 Å². The fourth-order valence-electron chi connectivity index (χ4n) is 1.98. The maximum absolute atomic E-state index is 11.3. The van der Waals surface area contributed by atoms with Crippen LogP contribution in [0.15, 0.2) is 30.3 Å². The smallest absolute Gasteiger partial charge is 0.130 e. The molecule has 1 nitrogen and oxygen atoms in total. The largest absolute Gasteiger partial charge is 0.302 e. The topological polar surface area (TPSA) is 17.1 Å². The standard InChI is InChI=1S/C13H18O/c1-4-13(10-14,11(2)3)12-8-6-5-7-9-12/h5-11H,4H2,1-3H3. The number of aldehydes is 1. The van der Waals surface area contributed by atoms with Gasteiger partial charge in [-0.1, -0.05) is 51.1 Å². The van der Waals surface area contributed by atoms with Crippen LogP contribution in [-0.2, 0) is 10.2 Å². The summed E-state index contributed by atoms with van der Waals surface area (Å²) < 4.78 is 0. The zero-order valence-corrected chi connectivity index (χ0v) is 9.16. The molecule has 0 spiro atoms. The van der Waals surface area contributed by atoms with Gasteiger partial charge in [0.25, 0.3) is 0 Å². The van der Waals surface area contributed by atoms with Gasteiger partial charge < -0.3 is 4.79 Å². The summed E-state index contributed by atoms with van der Waals surface area (Å²) in [4.78, 5) is 11.3. The minimum absolute atomic E-state index is 0.304. The number of hydrogen-bond acceptors (Lipinski definition) is 1. The van der Waals surface area contributed by atoms with E-state index in [1.54, 1.807) is 0 Å². The molecule has 0 saturated carbocycles. The van der Waals surface area contributed by atoms with E-state index in [0.717, 1.165) is 18.3 Å². The number of rotatable bonds is 4. The highest BCUT2D eigenvalue weighted by Crippen LogP contribution is 2.33. The molecule has 0 fully saturated rings. The van der Waals surface area contributed by atoms with Gasteiger partial charge in [-0.05, 0) is 17.9 Å². The quantitative estimate of drug-likeness (QED) is 0.666. The van der Waals surface area contributed by atoms with Crippen molar-refractivity contribution >= 4 is 6.29 Å². The second kappa shape index (κ2) is 4.41. The van der Waals surface area contributed by atoms with Crippen molar-refractivity contribution in [3.8, 4) is 0 Å². The number of carbonyl (C=O) groups is 1. The SMILES string of the molecule is CCC(C=O)(c1ccccc1)C(C)C. The molecule has 0 amide bonds. The molecule has 1 aromatic carbocycles. The van der Waals surface area contributed by atoms with Crippen molar-refractivity contribution in [3.63, 3.8) is 0 Å². The van der Waals surface area contributed by atoms with E-state index in [-0.39, 0.29) is 5.41 Å². The molecule has 0 radical (unpaired) electrons. The van der Waals surface area contributed by atoms with Crippen molar-refractivity contribution in [2.75, 3.05) is 0 Å². The molecule has 0 aliphatic rings. The molecule has 0 aliphatic heterocycles. The first-order valence-electron chi connectivity index (χ1n) is 5.19. The summed E-state index contributed by atoms with van der Waals surface area (Å²) >= 11 is 0. The van der Waals surface area contributed by atoms with Gasteiger partial charge in [-0.25, -0.2) is 0 Å². The summed E-state index contributed by atoms with van der Waals surface area (Å²) in [5.41, 5.74) is 0.828. The van der Waals surface area contributed by atoms with Crippen LogP contribution < -0.4 is 0 Å². The Hall–Kier alpha value is -1.11. The third kappa shape index (κ3) is 1.72. The van der Waals surface area contributed by atoms with Crippen LogP contribution in [0.2, 0.25) is 0 Å². The third-order valence-electron chi connectivity index (χ3n) is 3.14. The Kier molecular flexibility index (Phi) is 3.45. The first-order chi connectivity index (χ1) is 6.67. The predicted molar refractivity (Wildman–Crippen MR) is 59.3 cm³/mol. The van der Waals surface area contributed by atoms with E-state index in [9.17, 15) is 4.79 Å². The second-order valence-electron chi connectivity index (χ2n) is 4.03. The molecule has 0 aromatic heterocycles. The first-order valence-corrected chi connectivity index (χ1v) is 5.19. The van der Waals surface area contributed by atoms with Crippen molar-refractivity contribution in [2.45, 2.75) is 32.6 Å². The van der Waals surface area contributed by atoms with Crippen LogP contribution >= 0.6 is 0 Å². The molecule has 1 aromatic rings. The summed E-state index contributed by atoms with van der Waals surface area (Å²) in [7, 11) is 0. The molecule has 1 rings (SSSR count). The molecule has 14 heavy (non-hydrogen) atoms. The third-order valence-corrected chi connectivity index (χ3v) is 3.14. The lowest BCUT2D eigenvalue weighted by Gasteiger charge is -2.31. The van der Waals surface area contributed by atoms with Gasteiger partial charge in [0.1, 0.15) is 6.29 Å². The molecule has 0 heterocycles. The summed E-state index contributed by atoms with van der Waals surface area (Å²) in [6, 6.07) is 10.0. The van der Waals surface area contributed by atoms with Crippen molar-refractivity contribution in [3.05, 3.63) is 35.9 Å². The van der Waals surface area contributed by atoms with Crippen LogP contribution in [-0.4, -0.2) is 6.29 Å². The van der Waals surface area contributed by atoms with Crippen LogP contribution in [0.3, 0.4) is 0 Å².